The normalized spacial score (nSPS) is 22.1. The molecule has 0 bridgehead atoms. The van der Waals surface area contributed by atoms with Crippen LogP contribution in [-0.2, 0) is 0 Å². The van der Waals surface area contributed by atoms with Gasteiger partial charge in [-0.05, 0) is 37.5 Å². The predicted octanol–water partition coefficient (Wildman–Crippen LogP) is 3.13. The van der Waals surface area contributed by atoms with Gasteiger partial charge in [0.2, 0.25) is 0 Å². The summed E-state index contributed by atoms with van der Waals surface area (Å²) in [6.07, 6.45) is 3.99. The minimum atomic E-state index is -0.510. The van der Waals surface area contributed by atoms with Crippen molar-refractivity contribution in [1.29, 1.82) is 0 Å². The number of hydrogen-bond donors (Lipinski definition) is 2. The Kier molecular flexibility index (Phi) is 5.08. The van der Waals surface area contributed by atoms with Crippen LogP contribution in [0.2, 0.25) is 5.02 Å². The SMILES string of the molecule is C[C@@H](O)c1ccc(N2CCCCCC2CO)c(Cl)c1. The molecular formula is C15H22ClNO2. The fraction of sp³-hybridized carbons (Fsp3) is 0.600. The molecule has 1 saturated heterocycles. The summed E-state index contributed by atoms with van der Waals surface area (Å²) in [5.41, 5.74) is 1.79. The Morgan fingerprint density at radius 2 is 2.16 bits per heavy atom. The van der Waals surface area contributed by atoms with Crippen molar-refractivity contribution in [2.75, 3.05) is 18.1 Å². The number of aliphatic hydroxyl groups excluding tert-OH is 2. The molecule has 1 aliphatic rings. The molecule has 1 aromatic carbocycles. The second kappa shape index (κ2) is 6.60. The molecule has 0 aliphatic carbocycles. The van der Waals surface area contributed by atoms with Crippen molar-refractivity contribution in [3.63, 3.8) is 0 Å². The maximum atomic E-state index is 9.58. The van der Waals surface area contributed by atoms with E-state index in [4.69, 9.17) is 11.6 Å². The van der Waals surface area contributed by atoms with Crippen LogP contribution in [-0.4, -0.2) is 29.4 Å². The Morgan fingerprint density at radius 1 is 1.37 bits per heavy atom. The standard InChI is InChI=1S/C15H22ClNO2/c1-11(19)12-6-7-15(14(16)9-12)17-8-4-2-3-5-13(17)10-18/h6-7,9,11,13,18-19H,2-5,8,10H2,1H3/t11-,13?/m1/s1. The first-order valence-corrected chi connectivity index (χ1v) is 7.36. The third-order valence-corrected chi connectivity index (χ3v) is 4.15. The number of halogens is 1. The zero-order valence-electron chi connectivity index (χ0n) is 11.3. The Balaban J connectivity index is 2.28. The number of hydrogen-bond acceptors (Lipinski definition) is 3. The molecule has 1 fully saturated rings. The molecule has 4 heteroatoms. The van der Waals surface area contributed by atoms with Crippen LogP contribution < -0.4 is 4.90 Å². The van der Waals surface area contributed by atoms with Crippen LogP contribution in [0.5, 0.6) is 0 Å². The average molecular weight is 284 g/mol. The van der Waals surface area contributed by atoms with Gasteiger partial charge in [-0.3, -0.25) is 0 Å². The molecule has 1 unspecified atom stereocenters. The van der Waals surface area contributed by atoms with E-state index < -0.39 is 6.10 Å². The molecule has 19 heavy (non-hydrogen) atoms. The third kappa shape index (κ3) is 3.41. The monoisotopic (exact) mass is 283 g/mol. The molecule has 0 saturated carbocycles. The minimum Gasteiger partial charge on any atom is -0.394 e. The van der Waals surface area contributed by atoms with Crippen LogP contribution in [0.25, 0.3) is 0 Å². The molecule has 0 aromatic heterocycles. The zero-order chi connectivity index (χ0) is 13.8. The molecule has 106 valence electrons. The number of aliphatic hydroxyl groups is 2. The minimum absolute atomic E-state index is 0.150. The van der Waals surface area contributed by atoms with Gasteiger partial charge in [-0.25, -0.2) is 0 Å². The third-order valence-electron chi connectivity index (χ3n) is 3.85. The van der Waals surface area contributed by atoms with Crippen molar-refractivity contribution < 1.29 is 10.2 Å². The molecule has 2 atom stereocenters. The topological polar surface area (TPSA) is 43.7 Å². The van der Waals surface area contributed by atoms with Crippen molar-refractivity contribution in [2.45, 2.75) is 44.8 Å². The van der Waals surface area contributed by atoms with Gasteiger partial charge in [0.25, 0.3) is 0 Å². The highest BCUT2D eigenvalue weighted by molar-refractivity contribution is 6.33. The highest BCUT2D eigenvalue weighted by Gasteiger charge is 2.22. The van der Waals surface area contributed by atoms with Gasteiger partial charge in [-0.1, -0.05) is 30.5 Å². The average Bonchev–Trinajstić information content (AvgIpc) is 2.63. The van der Waals surface area contributed by atoms with Gasteiger partial charge in [-0.2, -0.15) is 0 Å². The summed E-state index contributed by atoms with van der Waals surface area (Å²) in [6, 6.07) is 5.84. The quantitative estimate of drug-likeness (QED) is 0.896. The van der Waals surface area contributed by atoms with E-state index in [1.165, 1.54) is 6.42 Å². The second-order valence-electron chi connectivity index (χ2n) is 5.27. The lowest BCUT2D eigenvalue weighted by Crippen LogP contribution is -2.37. The van der Waals surface area contributed by atoms with Crippen molar-refractivity contribution in [2.24, 2.45) is 0 Å². The molecule has 0 radical (unpaired) electrons. The summed E-state index contributed by atoms with van der Waals surface area (Å²) in [5, 5.41) is 19.8. The van der Waals surface area contributed by atoms with Crippen LogP contribution in [0.1, 0.15) is 44.3 Å². The van der Waals surface area contributed by atoms with E-state index in [-0.39, 0.29) is 12.6 Å². The van der Waals surface area contributed by atoms with E-state index in [2.05, 4.69) is 4.90 Å². The van der Waals surface area contributed by atoms with Crippen LogP contribution in [0.15, 0.2) is 18.2 Å². The van der Waals surface area contributed by atoms with Crippen LogP contribution >= 0.6 is 11.6 Å². The Hall–Kier alpha value is -0.770. The van der Waals surface area contributed by atoms with E-state index in [1.807, 2.05) is 18.2 Å². The van der Waals surface area contributed by atoms with E-state index in [1.54, 1.807) is 6.92 Å². The van der Waals surface area contributed by atoms with Crippen molar-refractivity contribution in [3.8, 4) is 0 Å². The fourth-order valence-electron chi connectivity index (χ4n) is 2.70. The Bertz CT molecular complexity index is 423. The van der Waals surface area contributed by atoms with Crippen molar-refractivity contribution in [3.05, 3.63) is 28.8 Å². The summed E-state index contributed by atoms with van der Waals surface area (Å²) < 4.78 is 0. The molecule has 0 spiro atoms. The van der Waals surface area contributed by atoms with E-state index in [0.717, 1.165) is 37.1 Å². The first-order valence-electron chi connectivity index (χ1n) is 6.98. The summed E-state index contributed by atoms with van der Waals surface area (Å²) in [5.74, 6) is 0. The first kappa shape index (κ1) is 14.6. The summed E-state index contributed by atoms with van der Waals surface area (Å²) in [7, 11) is 0. The highest BCUT2D eigenvalue weighted by Crippen LogP contribution is 2.32. The van der Waals surface area contributed by atoms with E-state index in [9.17, 15) is 10.2 Å². The second-order valence-corrected chi connectivity index (χ2v) is 5.67. The van der Waals surface area contributed by atoms with Gasteiger partial charge in [0.1, 0.15) is 0 Å². The summed E-state index contributed by atoms with van der Waals surface area (Å²) in [4.78, 5) is 2.21. The van der Waals surface area contributed by atoms with Crippen LogP contribution in [0.3, 0.4) is 0 Å². The lowest BCUT2D eigenvalue weighted by atomic mass is 10.1. The lowest BCUT2D eigenvalue weighted by molar-refractivity contribution is 0.199. The van der Waals surface area contributed by atoms with Gasteiger partial charge < -0.3 is 15.1 Å². The molecule has 0 amide bonds. The smallest absolute Gasteiger partial charge is 0.0762 e. The number of nitrogens with zero attached hydrogens (tertiary/aromatic N) is 1. The zero-order valence-corrected chi connectivity index (χ0v) is 12.1. The molecule has 2 rings (SSSR count). The first-order chi connectivity index (χ1) is 9.13. The Labute approximate surface area is 119 Å². The van der Waals surface area contributed by atoms with Gasteiger partial charge in [0, 0.05) is 6.54 Å². The van der Waals surface area contributed by atoms with Crippen LogP contribution in [0, 0.1) is 0 Å². The van der Waals surface area contributed by atoms with Gasteiger partial charge in [-0.15, -0.1) is 0 Å². The van der Waals surface area contributed by atoms with E-state index in [0.29, 0.717) is 5.02 Å². The van der Waals surface area contributed by atoms with Gasteiger partial charge in [0.05, 0.1) is 29.5 Å². The maximum Gasteiger partial charge on any atom is 0.0762 e. The summed E-state index contributed by atoms with van der Waals surface area (Å²) in [6.45, 7) is 2.82. The van der Waals surface area contributed by atoms with Gasteiger partial charge in [0.15, 0.2) is 0 Å². The fourth-order valence-corrected chi connectivity index (χ4v) is 3.00. The molecular weight excluding hydrogens is 262 g/mol. The van der Waals surface area contributed by atoms with Crippen LogP contribution in [0.4, 0.5) is 5.69 Å². The highest BCUT2D eigenvalue weighted by atomic mass is 35.5. The van der Waals surface area contributed by atoms with Crippen molar-refractivity contribution >= 4 is 17.3 Å². The number of anilines is 1. The molecule has 1 heterocycles. The molecule has 1 aromatic rings. The maximum absolute atomic E-state index is 9.58. The number of rotatable bonds is 3. The summed E-state index contributed by atoms with van der Waals surface area (Å²) >= 11 is 6.35. The lowest BCUT2D eigenvalue weighted by Gasteiger charge is -2.31. The van der Waals surface area contributed by atoms with Gasteiger partial charge >= 0.3 is 0 Å². The van der Waals surface area contributed by atoms with E-state index >= 15 is 0 Å². The predicted molar refractivity (Wildman–Crippen MR) is 78.8 cm³/mol. The van der Waals surface area contributed by atoms with Crippen molar-refractivity contribution in [1.82, 2.24) is 0 Å². The molecule has 3 nitrogen and oxygen atoms in total. The Morgan fingerprint density at radius 3 is 2.79 bits per heavy atom. The number of benzene rings is 1. The molecule has 2 N–H and O–H groups in total. The molecule has 1 aliphatic heterocycles. The largest absolute Gasteiger partial charge is 0.394 e.